The first kappa shape index (κ1) is 20.0. The molecular formula is C11H26N6O6. The molecule has 0 aliphatic carbocycles. The van der Waals surface area contributed by atoms with Crippen LogP contribution in [0, 0.1) is 0 Å². The highest BCUT2D eigenvalue weighted by molar-refractivity contribution is 5.78. The highest BCUT2D eigenvalue weighted by Gasteiger charge is 2.64. The van der Waals surface area contributed by atoms with Gasteiger partial charge in [0, 0.05) is 20.8 Å². The zero-order valence-corrected chi connectivity index (χ0v) is 14.5. The number of hydrogen-bond acceptors (Lipinski definition) is 12. The van der Waals surface area contributed by atoms with Crippen LogP contribution in [0.25, 0.3) is 0 Å². The van der Waals surface area contributed by atoms with Crippen LogP contribution < -0.4 is 11.2 Å². The van der Waals surface area contributed by atoms with Crippen LogP contribution in [0.1, 0.15) is 6.92 Å². The average Bonchev–Trinajstić information content (AvgIpc) is 2.55. The Morgan fingerprint density at radius 2 is 1.78 bits per heavy atom. The van der Waals surface area contributed by atoms with Crippen LogP contribution in [0.4, 0.5) is 0 Å². The van der Waals surface area contributed by atoms with Gasteiger partial charge in [-0.25, -0.2) is 0 Å². The van der Waals surface area contributed by atoms with Crippen molar-refractivity contribution in [2.24, 2.45) is 10.7 Å². The minimum Gasteiger partial charge on any atom is -0.368 e. The molecule has 0 saturated heterocycles. The molecule has 0 fully saturated rings. The van der Waals surface area contributed by atoms with E-state index in [1.165, 1.54) is 52.8 Å². The number of rotatable bonds is 9. The molecule has 0 radical (unpaired) electrons. The lowest BCUT2D eigenvalue weighted by molar-refractivity contribution is -0.537. The Hall–Kier alpha value is -1.09. The average molecular weight is 338 g/mol. The van der Waals surface area contributed by atoms with Crippen molar-refractivity contribution >= 4 is 5.96 Å². The molecule has 1 heterocycles. The van der Waals surface area contributed by atoms with Gasteiger partial charge in [0.2, 0.25) is 5.96 Å². The predicted molar refractivity (Wildman–Crippen MR) is 78.3 cm³/mol. The maximum Gasteiger partial charge on any atom is 0.340 e. The van der Waals surface area contributed by atoms with Gasteiger partial charge in [0.1, 0.15) is 0 Å². The number of methoxy groups -OCH3 is 2. The van der Waals surface area contributed by atoms with Crippen molar-refractivity contribution in [3.63, 3.8) is 0 Å². The van der Waals surface area contributed by atoms with Crippen LogP contribution in [0.3, 0.4) is 0 Å². The lowest BCUT2D eigenvalue weighted by Crippen LogP contribution is -2.81. The molecule has 0 saturated carbocycles. The number of nitrogens with zero attached hydrogens (tertiary/aromatic N) is 4. The minimum absolute atomic E-state index is 0.0652. The van der Waals surface area contributed by atoms with Gasteiger partial charge in [-0.2, -0.15) is 10.1 Å². The van der Waals surface area contributed by atoms with Gasteiger partial charge in [-0.05, 0) is 6.92 Å². The summed E-state index contributed by atoms with van der Waals surface area (Å²) >= 11 is 0. The first-order chi connectivity index (χ1) is 11.0. The van der Waals surface area contributed by atoms with Crippen LogP contribution in [0.2, 0.25) is 0 Å². The Labute approximate surface area is 135 Å². The number of hydroxylamine groups is 7. The Morgan fingerprint density at radius 1 is 1.13 bits per heavy atom. The number of ether oxygens (including phenoxy) is 2. The Morgan fingerprint density at radius 3 is 2.13 bits per heavy atom. The Bertz CT molecular complexity index is 410. The molecule has 23 heavy (non-hydrogen) atoms. The number of nitrogens with two attached hydrogens (primary N) is 1. The maximum absolute atomic E-state index is 6.02. The van der Waals surface area contributed by atoms with Crippen molar-refractivity contribution in [3.05, 3.63) is 0 Å². The normalized spacial score (nSPS) is 29.2. The van der Waals surface area contributed by atoms with Crippen LogP contribution in [0.15, 0.2) is 4.99 Å². The molecule has 0 amide bonds. The second-order valence-corrected chi connectivity index (χ2v) is 4.20. The third-order valence-corrected chi connectivity index (χ3v) is 3.27. The highest BCUT2D eigenvalue weighted by Crippen LogP contribution is 2.37. The predicted octanol–water partition coefficient (Wildman–Crippen LogP) is -1.41. The molecule has 1 aliphatic heterocycles. The van der Waals surface area contributed by atoms with Crippen molar-refractivity contribution in [3.8, 4) is 0 Å². The topological polar surface area (TPSA) is 116 Å². The van der Waals surface area contributed by atoms with E-state index in [1.54, 1.807) is 0 Å². The summed E-state index contributed by atoms with van der Waals surface area (Å²) in [4.78, 5) is 25.3. The van der Waals surface area contributed by atoms with Crippen molar-refractivity contribution in [1.29, 1.82) is 0 Å². The van der Waals surface area contributed by atoms with Crippen LogP contribution in [0.5, 0.6) is 0 Å². The quantitative estimate of drug-likeness (QED) is 0.381. The SMILES string of the molecule is CCN(OC)C1(OC)N(OC)C(N)=NC(NOC)(OC)N1OC. The van der Waals surface area contributed by atoms with Crippen molar-refractivity contribution in [1.82, 2.24) is 20.7 Å². The maximum atomic E-state index is 6.02. The van der Waals surface area contributed by atoms with E-state index >= 15 is 0 Å². The Kier molecular flexibility index (Phi) is 7.06. The first-order valence-electron chi connectivity index (χ1n) is 6.74. The second kappa shape index (κ2) is 8.14. The van der Waals surface area contributed by atoms with E-state index in [0.717, 1.165) is 5.06 Å². The number of aliphatic imine (C=N–C) groups is 1. The van der Waals surface area contributed by atoms with Gasteiger partial charge in [-0.1, -0.05) is 5.06 Å². The van der Waals surface area contributed by atoms with Crippen molar-refractivity contribution in [2.45, 2.75) is 18.9 Å². The molecule has 12 nitrogen and oxygen atoms in total. The highest BCUT2D eigenvalue weighted by atomic mass is 16.9. The summed E-state index contributed by atoms with van der Waals surface area (Å²) in [5, 5.41) is 3.76. The summed E-state index contributed by atoms with van der Waals surface area (Å²) in [6.45, 7) is 2.22. The van der Waals surface area contributed by atoms with E-state index in [0.29, 0.717) is 6.54 Å². The molecule has 1 rings (SSSR count). The zero-order valence-electron chi connectivity index (χ0n) is 14.5. The van der Waals surface area contributed by atoms with Gasteiger partial charge >= 0.3 is 11.9 Å². The van der Waals surface area contributed by atoms with Gasteiger partial charge in [-0.3, -0.25) is 19.4 Å². The fraction of sp³-hybridized carbons (Fsp3) is 0.909. The molecule has 0 aromatic rings. The molecule has 12 heteroatoms. The smallest absolute Gasteiger partial charge is 0.340 e. The fourth-order valence-corrected chi connectivity index (χ4v) is 2.42. The minimum atomic E-state index is -1.66. The largest absolute Gasteiger partial charge is 0.368 e. The van der Waals surface area contributed by atoms with Gasteiger partial charge in [0.15, 0.2) is 0 Å². The van der Waals surface area contributed by atoms with Gasteiger partial charge in [0.05, 0.1) is 28.4 Å². The third-order valence-electron chi connectivity index (χ3n) is 3.27. The van der Waals surface area contributed by atoms with Crippen LogP contribution >= 0.6 is 0 Å². The van der Waals surface area contributed by atoms with E-state index < -0.39 is 11.9 Å². The molecule has 2 unspecified atom stereocenters. The van der Waals surface area contributed by atoms with Gasteiger partial charge < -0.3 is 15.2 Å². The van der Waals surface area contributed by atoms with Crippen molar-refractivity contribution in [2.75, 3.05) is 49.2 Å². The molecule has 3 N–H and O–H groups in total. The van der Waals surface area contributed by atoms with E-state index in [1.807, 2.05) is 6.92 Å². The summed E-state index contributed by atoms with van der Waals surface area (Å²) in [6, 6.07) is 0. The molecule has 0 aromatic carbocycles. The number of nitrogens with one attached hydrogen (secondary N) is 1. The molecule has 0 spiro atoms. The van der Waals surface area contributed by atoms with E-state index in [9.17, 15) is 0 Å². The lowest BCUT2D eigenvalue weighted by Gasteiger charge is -2.55. The molecule has 136 valence electrons. The molecular weight excluding hydrogens is 312 g/mol. The van der Waals surface area contributed by atoms with Gasteiger partial charge in [0.25, 0.3) is 0 Å². The van der Waals surface area contributed by atoms with E-state index in [4.69, 9.17) is 34.6 Å². The summed E-state index contributed by atoms with van der Waals surface area (Å²) < 4.78 is 11.1. The first-order valence-corrected chi connectivity index (χ1v) is 6.74. The van der Waals surface area contributed by atoms with Gasteiger partial charge in [-0.15, -0.1) is 10.5 Å². The summed E-state index contributed by atoms with van der Waals surface area (Å²) in [5.74, 6) is -3.34. The fourth-order valence-electron chi connectivity index (χ4n) is 2.42. The molecule has 2 atom stereocenters. The molecule has 0 aromatic heterocycles. The summed E-state index contributed by atoms with van der Waals surface area (Å²) in [6.07, 6.45) is 0. The zero-order chi connectivity index (χ0) is 17.7. The second-order valence-electron chi connectivity index (χ2n) is 4.20. The molecule has 1 aliphatic rings. The lowest BCUT2D eigenvalue weighted by atomic mass is 10.4. The van der Waals surface area contributed by atoms with E-state index in [2.05, 4.69) is 10.5 Å². The number of guanidine groups is 1. The van der Waals surface area contributed by atoms with E-state index in [-0.39, 0.29) is 5.96 Å². The molecule has 0 bridgehead atoms. The summed E-state index contributed by atoms with van der Waals surface area (Å²) in [5.41, 5.74) is 8.60. The third kappa shape index (κ3) is 3.00. The number of hydrogen-bond donors (Lipinski definition) is 2. The monoisotopic (exact) mass is 338 g/mol. The standard InChI is InChI=1S/C11H26N6O6/c1-8-15(21-5)11(19-3)16(22-6)9(12)13-10(18-2,14-20-4)17(11)23-7/h14H,8H2,1-7H3,(H2,12,13). The Balaban J connectivity index is 3.63. The summed E-state index contributed by atoms with van der Waals surface area (Å²) in [7, 11) is 8.47. The van der Waals surface area contributed by atoms with Crippen LogP contribution in [-0.2, 0) is 28.8 Å². The van der Waals surface area contributed by atoms with Crippen LogP contribution in [-0.4, -0.2) is 82.3 Å². The van der Waals surface area contributed by atoms with Crippen molar-refractivity contribution < 1.29 is 28.8 Å².